The van der Waals surface area contributed by atoms with Gasteiger partial charge in [0.05, 0.1) is 17.1 Å². The van der Waals surface area contributed by atoms with E-state index >= 15 is 0 Å². The van der Waals surface area contributed by atoms with Crippen molar-refractivity contribution in [3.8, 4) is 0 Å². The molecule has 0 radical (unpaired) electrons. The standard InChI is InChI=1S/C18H21NO4/c1-18(2)11-19(9-8-15(18)22-3)16(20)14-10-23-17(21)13-7-5-4-6-12(13)14/h4-7,10,15H,8-9,11H2,1-3H3. The maximum atomic E-state index is 12.9. The van der Waals surface area contributed by atoms with E-state index in [9.17, 15) is 9.59 Å². The van der Waals surface area contributed by atoms with Gasteiger partial charge >= 0.3 is 5.63 Å². The Hall–Kier alpha value is -2.14. The molecular weight excluding hydrogens is 294 g/mol. The fourth-order valence-corrected chi connectivity index (χ4v) is 3.42. The molecular formula is C18H21NO4. The Labute approximate surface area is 134 Å². The van der Waals surface area contributed by atoms with E-state index in [1.165, 1.54) is 6.26 Å². The van der Waals surface area contributed by atoms with Gasteiger partial charge in [0.2, 0.25) is 0 Å². The first-order valence-corrected chi connectivity index (χ1v) is 7.76. The van der Waals surface area contributed by atoms with Crippen LogP contribution in [0.5, 0.6) is 0 Å². The summed E-state index contributed by atoms with van der Waals surface area (Å²) in [7, 11) is 1.71. The summed E-state index contributed by atoms with van der Waals surface area (Å²) in [6.45, 7) is 5.44. The number of piperidine rings is 1. The van der Waals surface area contributed by atoms with Gasteiger partial charge in [0, 0.05) is 31.0 Å². The second-order valence-corrected chi connectivity index (χ2v) is 6.71. The first-order valence-electron chi connectivity index (χ1n) is 7.76. The lowest BCUT2D eigenvalue weighted by atomic mass is 9.81. The number of likely N-dealkylation sites (tertiary alicyclic amines) is 1. The maximum Gasteiger partial charge on any atom is 0.343 e. The number of ether oxygens (including phenoxy) is 1. The highest BCUT2D eigenvalue weighted by Gasteiger charge is 2.38. The minimum absolute atomic E-state index is 0.104. The van der Waals surface area contributed by atoms with E-state index in [4.69, 9.17) is 9.15 Å². The summed E-state index contributed by atoms with van der Waals surface area (Å²) in [4.78, 5) is 26.6. The van der Waals surface area contributed by atoms with Gasteiger partial charge in [-0.3, -0.25) is 4.79 Å². The van der Waals surface area contributed by atoms with Crippen molar-refractivity contribution in [2.45, 2.75) is 26.4 Å². The number of hydrogen-bond donors (Lipinski definition) is 0. The Morgan fingerprint density at radius 3 is 2.65 bits per heavy atom. The third-order valence-electron chi connectivity index (χ3n) is 4.65. The Morgan fingerprint density at radius 2 is 2.00 bits per heavy atom. The molecule has 1 aromatic heterocycles. The summed E-state index contributed by atoms with van der Waals surface area (Å²) >= 11 is 0. The average molecular weight is 315 g/mol. The van der Waals surface area contributed by atoms with Crippen molar-refractivity contribution in [1.29, 1.82) is 0 Å². The van der Waals surface area contributed by atoms with Crippen LogP contribution in [0.3, 0.4) is 0 Å². The molecule has 3 rings (SSSR count). The molecule has 0 spiro atoms. The number of carbonyl (C=O) groups is 1. The van der Waals surface area contributed by atoms with Gasteiger partial charge in [-0.05, 0) is 12.5 Å². The minimum atomic E-state index is -0.421. The van der Waals surface area contributed by atoms with Crippen molar-refractivity contribution in [3.05, 3.63) is 46.5 Å². The van der Waals surface area contributed by atoms with Crippen LogP contribution in [-0.2, 0) is 4.74 Å². The molecule has 1 atom stereocenters. The Morgan fingerprint density at radius 1 is 1.30 bits per heavy atom. The normalized spacial score (nSPS) is 20.7. The predicted octanol–water partition coefficient (Wildman–Crippen LogP) is 2.68. The molecule has 23 heavy (non-hydrogen) atoms. The van der Waals surface area contributed by atoms with Crippen molar-refractivity contribution < 1.29 is 13.9 Å². The number of hydrogen-bond acceptors (Lipinski definition) is 4. The molecule has 1 fully saturated rings. The molecule has 1 saturated heterocycles. The van der Waals surface area contributed by atoms with Crippen molar-refractivity contribution in [2.24, 2.45) is 5.41 Å². The summed E-state index contributed by atoms with van der Waals surface area (Å²) in [6, 6.07) is 7.05. The van der Waals surface area contributed by atoms with E-state index in [1.54, 1.807) is 25.3 Å². The third-order valence-corrected chi connectivity index (χ3v) is 4.65. The van der Waals surface area contributed by atoms with Crippen LogP contribution in [-0.4, -0.2) is 37.1 Å². The van der Waals surface area contributed by atoms with Gasteiger partial charge in [-0.1, -0.05) is 32.0 Å². The lowest BCUT2D eigenvalue weighted by Gasteiger charge is -2.43. The largest absolute Gasteiger partial charge is 0.430 e. The van der Waals surface area contributed by atoms with E-state index in [0.717, 1.165) is 6.42 Å². The molecule has 5 nitrogen and oxygen atoms in total. The van der Waals surface area contributed by atoms with Gasteiger partial charge in [0.15, 0.2) is 0 Å². The fourth-order valence-electron chi connectivity index (χ4n) is 3.42. The number of amides is 1. The topological polar surface area (TPSA) is 59.8 Å². The highest BCUT2D eigenvalue weighted by atomic mass is 16.5. The highest BCUT2D eigenvalue weighted by molar-refractivity contribution is 6.06. The lowest BCUT2D eigenvalue weighted by Crippen LogP contribution is -2.51. The van der Waals surface area contributed by atoms with E-state index < -0.39 is 5.63 Å². The Bertz CT molecular complexity index is 793. The predicted molar refractivity (Wildman–Crippen MR) is 87.6 cm³/mol. The van der Waals surface area contributed by atoms with E-state index in [0.29, 0.717) is 29.4 Å². The quantitative estimate of drug-likeness (QED) is 0.855. The molecule has 1 aliphatic rings. The minimum Gasteiger partial charge on any atom is -0.430 e. The van der Waals surface area contributed by atoms with Crippen LogP contribution < -0.4 is 5.63 Å². The van der Waals surface area contributed by atoms with Crippen LogP contribution in [0.15, 0.2) is 39.7 Å². The lowest BCUT2D eigenvalue weighted by molar-refractivity contribution is -0.0443. The molecule has 0 saturated carbocycles. The average Bonchev–Trinajstić information content (AvgIpc) is 2.54. The monoisotopic (exact) mass is 315 g/mol. The van der Waals surface area contributed by atoms with Gasteiger partial charge in [0.25, 0.3) is 5.91 Å². The molecule has 0 N–H and O–H groups in total. The van der Waals surface area contributed by atoms with Crippen molar-refractivity contribution in [1.82, 2.24) is 4.90 Å². The third kappa shape index (κ3) is 2.77. The molecule has 122 valence electrons. The molecule has 2 heterocycles. The second-order valence-electron chi connectivity index (χ2n) is 6.71. The summed E-state index contributed by atoms with van der Waals surface area (Å²) < 4.78 is 10.6. The number of fused-ring (bicyclic) bond motifs is 1. The summed E-state index contributed by atoms with van der Waals surface area (Å²) in [5.41, 5.74) is -0.101. The summed E-state index contributed by atoms with van der Waals surface area (Å²) in [5.74, 6) is -0.104. The maximum absolute atomic E-state index is 12.9. The SMILES string of the molecule is COC1CCN(C(=O)c2coc(=O)c3ccccc23)CC1(C)C. The van der Waals surface area contributed by atoms with Crippen LogP contribution >= 0.6 is 0 Å². The van der Waals surface area contributed by atoms with Crippen LogP contribution in [0.4, 0.5) is 0 Å². The van der Waals surface area contributed by atoms with E-state index in [-0.39, 0.29) is 17.4 Å². The zero-order valence-electron chi connectivity index (χ0n) is 13.7. The zero-order chi connectivity index (χ0) is 16.6. The molecule has 1 aromatic carbocycles. The first kappa shape index (κ1) is 15.7. The molecule has 2 aromatic rings. The Balaban J connectivity index is 1.96. The number of carbonyl (C=O) groups excluding carboxylic acids is 1. The van der Waals surface area contributed by atoms with Crippen LogP contribution in [0.25, 0.3) is 10.8 Å². The van der Waals surface area contributed by atoms with Gasteiger partial charge < -0.3 is 14.1 Å². The van der Waals surface area contributed by atoms with E-state index in [1.807, 2.05) is 11.0 Å². The van der Waals surface area contributed by atoms with E-state index in [2.05, 4.69) is 13.8 Å². The molecule has 1 aliphatic heterocycles. The zero-order valence-corrected chi connectivity index (χ0v) is 13.7. The van der Waals surface area contributed by atoms with Crippen LogP contribution in [0.2, 0.25) is 0 Å². The molecule has 0 aliphatic carbocycles. The molecule has 5 heteroatoms. The van der Waals surface area contributed by atoms with Crippen molar-refractivity contribution in [3.63, 3.8) is 0 Å². The fraction of sp³-hybridized carbons (Fsp3) is 0.444. The van der Waals surface area contributed by atoms with Crippen LogP contribution in [0, 0.1) is 5.41 Å². The number of methoxy groups -OCH3 is 1. The number of nitrogens with zero attached hydrogens (tertiary/aromatic N) is 1. The summed E-state index contributed by atoms with van der Waals surface area (Å²) in [6.07, 6.45) is 2.21. The number of benzene rings is 1. The van der Waals surface area contributed by atoms with Crippen molar-refractivity contribution in [2.75, 3.05) is 20.2 Å². The van der Waals surface area contributed by atoms with Gasteiger partial charge in [0.1, 0.15) is 6.26 Å². The van der Waals surface area contributed by atoms with Crippen LogP contribution in [0.1, 0.15) is 30.6 Å². The smallest absolute Gasteiger partial charge is 0.343 e. The molecule has 1 amide bonds. The van der Waals surface area contributed by atoms with Gasteiger partial charge in [-0.25, -0.2) is 4.79 Å². The first-order chi connectivity index (χ1) is 10.9. The van der Waals surface area contributed by atoms with Gasteiger partial charge in [-0.15, -0.1) is 0 Å². The molecule has 1 unspecified atom stereocenters. The van der Waals surface area contributed by atoms with Crippen molar-refractivity contribution >= 4 is 16.7 Å². The Kier molecular flexibility index (Phi) is 3.98. The molecule has 0 bridgehead atoms. The summed E-state index contributed by atoms with van der Waals surface area (Å²) in [5, 5.41) is 1.07. The second kappa shape index (κ2) is 5.81. The van der Waals surface area contributed by atoms with Gasteiger partial charge in [-0.2, -0.15) is 0 Å². The highest BCUT2D eigenvalue weighted by Crippen LogP contribution is 2.32. The number of rotatable bonds is 2.